The summed E-state index contributed by atoms with van der Waals surface area (Å²) in [6.45, 7) is 5.71. The molecule has 1 saturated carbocycles. The van der Waals surface area contributed by atoms with Crippen LogP contribution in [0.4, 0.5) is 0 Å². The van der Waals surface area contributed by atoms with E-state index in [2.05, 4.69) is 5.32 Å². The Morgan fingerprint density at radius 2 is 2.11 bits per heavy atom. The first-order chi connectivity index (χ1) is 8.32. The first kappa shape index (κ1) is 12.9. The molecule has 2 atom stereocenters. The van der Waals surface area contributed by atoms with Gasteiger partial charge in [0.15, 0.2) is 0 Å². The van der Waals surface area contributed by atoms with Crippen molar-refractivity contribution in [2.75, 3.05) is 0 Å². The van der Waals surface area contributed by atoms with Gasteiger partial charge in [0.05, 0.1) is 11.7 Å². The molecular weight excluding hydrogens is 230 g/mol. The van der Waals surface area contributed by atoms with Crippen LogP contribution in [0.25, 0.3) is 0 Å². The summed E-state index contributed by atoms with van der Waals surface area (Å²) in [4.78, 5) is 12.1. The van der Waals surface area contributed by atoms with E-state index < -0.39 is 0 Å². The zero-order chi connectivity index (χ0) is 13.5. The van der Waals surface area contributed by atoms with E-state index in [9.17, 15) is 15.0 Å². The van der Waals surface area contributed by atoms with Crippen molar-refractivity contribution in [2.24, 2.45) is 5.41 Å². The maximum atomic E-state index is 12.1. The summed E-state index contributed by atoms with van der Waals surface area (Å²) < 4.78 is 0. The maximum Gasteiger partial charge on any atom is 0.255 e. The van der Waals surface area contributed by atoms with Crippen LogP contribution in [-0.2, 0) is 0 Å². The molecule has 0 spiro atoms. The molecular formula is C14H19NO3. The quantitative estimate of drug-likeness (QED) is 0.745. The molecule has 2 rings (SSSR count). The van der Waals surface area contributed by atoms with Gasteiger partial charge >= 0.3 is 0 Å². The Labute approximate surface area is 107 Å². The number of aliphatic hydroxyl groups is 1. The fourth-order valence-corrected chi connectivity index (χ4v) is 2.22. The number of hydrogen-bond acceptors (Lipinski definition) is 3. The van der Waals surface area contributed by atoms with Crippen molar-refractivity contribution >= 4 is 5.91 Å². The summed E-state index contributed by atoms with van der Waals surface area (Å²) in [5, 5.41) is 22.2. The highest BCUT2D eigenvalue weighted by atomic mass is 16.3. The highest BCUT2D eigenvalue weighted by molar-refractivity contribution is 5.97. The Balaban J connectivity index is 2.12. The molecule has 0 saturated heterocycles. The number of phenols is 1. The molecule has 0 aromatic heterocycles. The number of amides is 1. The van der Waals surface area contributed by atoms with E-state index in [4.69, 9.17) is 0 Å². The van der Waals surface area contributed by atoms with Gasteiger partial charge in [-0.15, -0.1) is 0 Å². The number of phenolic OH excluding ortho intramolecular Hbond substituents is 1. The Kier molecular flexibility index (Phi) is 3.07. The molecule has 98 valence electrons. The van der Waals surface area contributed by atoms with Crippen molar-refractivity contribution in [3.05, 3.63) is 29.3 Å². The Morgan fingerprint density at radius 1 is 1.44 bits per heavy atom. The number of hydrogen-bond donors (Lipinski definition) is 3. The van der Waals surface area contributed by atoms with Crippen molar-refractivity contribution in [2.45, 2.75) is 39.3 Å². The minimum absolute atomic E-state index is 0.0178. The van der Waals surface area contributed by atoms with Gasteiger partial charge in [0, 0.05) is 11.5 Å². The van der Waals surface area contributed by atoms with Gasteiger partial charge in [-0.2, -0.15) is 0 Å². The number of rotatable bonds is 2. The number of aryl methyl sites for hydroxylation is 1. The largest absolute Gasteiger partial charge is 0.507 e. The summed E-state index contributed by atoms with van der Waals surface area (Å²) >= 11 is 0. The summed E-state index contributed by atoms with van der Waals surface area (Å²) in [6.07, 6.45) is 0.180. The third kappa shape index (κ3) is 2.08. The van der Waals surface area contributed by atoms with Crippen molar-refractivity contribution in [1.82, 2.24) is 5.32 Å². The van der Waals surface area contributed by atoms with E-state index in [0.717, 1.165) is 5.56 Å². The normalized spacial score (nSPS) is 25.3. The van der Waals surface area contributed by atoms with Crippen molar-refractivity contribution in [3.63, 3.8) is 0 Å². The average molecular weight is 249 g/mol. The summed E-state index contributed by atoms with van der Waals surface area (Å²) in [5.74, 6) is -0.308. The molecule has 4 heteroatoms. The molecule has 2 unspecified atom stereocenters. The van der Waals surface area contributed by atoms with Crippen molar-refractivity contribution in [3.8, 4) is 5.75 Å². The second-order valence-corrected chi connectivity index (χ2v) is 5.62. The van der Waals surface area contributed by atoms with Gasteiger partial charge < -0.3 is 15.5 Å². The topological polar surface area (TPSA) is 69.6 Å². The SMILES string of the molecule is Cc1ccc(O)c(C(=O)NC2CC(O)C2(C)C)c1. The van der Waals surface area contributed by atoms with E-state index in [1.807, 2.05) is 20.8 Å². The lowest BCUT2D eigenvalue weighted by Crippen LogP contribution is -2.61. The van der Waals surface area contributed by atoms with Crippen LogP contribution in [0.3, 0.4) is 0 Å². The van der Waals surface area contributed by atoms with Gasteiger partial charge in [0.25, 0.3) is 5.91 Å². The van der Waals surface area contributed by atoms with E-state index in [-0.39, 0.29) is 34.8 Å². The Bertz CT molecular complexity index is 482. The number of aliphatic hydroxyl groups excluding tert-OH is 1. The summed E-state index contributed by atoms with van der Waals surface area (Å²) in [5.41, 5.74) is 0.896. The molecule has 4 nitrogen and oxygen atoms in total. The number of nitrogens with one attached hydrogen (secondary N) is 1. The van der Waals surface area contributed by atoms with Gasteiger partial charge in [-0.05, 0) is 25.5 Å². The second kappa shape index (κ2) is 4.28. The molecule has 1 aromatic carbocycles. The fourth-order valence-electron chi connectivity index (χ4n) is 2.22. The average Bonchev–Trinajstić information content (AvgIpc) is 2.31. The monoisotopic (exact) mass is 249 g/mol. The van der Waals surface area contributed by atoms with Crippen molar-refractivity contribution in [1.29, 1.82) is 0 Å². The summed E-state index contributed by atoms with van der Waals surface area (Å²) in [6, 6.07) is 4.88. The van der Waals surface area contributed by atoms with Crippen molar-refractivity contribution < 1.29 is 15.0 Å². The van der Waals surface area contributed by atoms with Gasteiger partial charge in [-0.25, -0.2) is 0 Å². The van der Waals surface area contributed by atoms with Crippen LogP contribution in [0.1, 0.15) is 36.2 Å². The molecule has 0 bridgehead atoms. The number of carbonyl (C=O) groups is 1. The van der Waals surface area contributed by atoms with Gasteiger partial charge in [0.2, 0.25) is 0 Å². The van der Waals surface area contributed by atoms with E-state index in [0.29, 0.717) is 6.42 Å². The van der Waals surface area contributed by atoms with Gasteiger partial charge in [0.1, 0.15) is 5.75 Å². The molecule has 18 heavy (non-hydrogen) atoms. The van der Waals surface area contributed by atoms with Crippen LogP contribution in [0.15, 0.2) is 18.2 Å². The van der Waals surface area contributed by atoms with Crippen LogP contribution in [-0.4, -0.2) is 28.3 Å². The van der Waals surface area contributed by atoms with Crippen LogP contribution in [0, 0.1) is 12.3 Å². The number of carbonyl (C=O) groups excluding carboxylic acids is 1. The molecule has 1 fully saturated rings. The van der Waals surface area contributed by atoms with E-state index in [1.165, 1.54) is 6.07 Å². The molecule has 3 N–H and O–H groups in total. The molecule has 0 heterocycles. The highest BCUT2D eigenvalue weighted by Crippen LogP contribution is 2.40. The molecule has 0 radical (unpaired) electrons. The zero-order valence-electron chi connectivity index (χ0n) is 10.9. The second-order valence-electron chi connectivity index (χ2n) is 5.62. The first-order valence-corrected chi connectivity index (χ1v) is 6.11. The van der Waals surface area contributed by atoms with Crippen LogP contribution < -0.4 is 5.32 Å². The van der Waals surface area contributed by atoms with Gasteiger partial charge in [-0.1, -0.05) is 25.5 Å². The van der Waals surface area contributed by atoms with Crippen LogP contribution in [0.5, 0.6) is 5.75 Å². The molecule has 1 aromatic rings. The van der Waals surface area contributed by atoms with E-state index >= 15 is 0 Å². The third-order valence-corrected chi connectivity index (χ3v) is 3.92. The number of benzene rings is 1. The lowest BCUT2D eigenvalue weighted by Gasteiger charge is -2.49. The van der Waals surface area contributed by atoms with Crippen LogP contribution in [0.2, 0.25) is 0 Å². The standard InChI is InChI=1S/C14H19NO3/c1-8-4-5-10(16)9(6-8)13(18)15-11-7-12(17)14(11,2)3/h4-6,11-12,16-17H,7H2,1-3H3,(H,15,18). The highest BCUT2D eigenvalue weighted by Gasteiger charge is 2.48. The minimum atomic E-state index is -0.381. The lowest BCUT2D eigenvalue weighted by atomic mass is 9.64. The fraction of sp³-hybridized carbons (Fsp3) is 0.500. The zero-order valence-corrected chi connectivity index (χ0v) is 10.9. The predicted molar refractivity (Wildman–Crippen MR) is 68.5 cm³/mol. The number of aromatic hydroxyl groups is 1. The predicted octanol–water partition coefficient (Wildman–Crippen LogP) is 1.59. The third-order valence-electron chi connectivity index (χ3n) is 3.92. The lowest BCUT2D eigenvalue weighted by molar-refractivity contribution is -0.0689. The van der Waals surface area contributed by atoms with Gasteiger partial charge in [-0.3, -0.25) is 4.79 Å². The Morgan fingerprint density at radius 3 is 2.67 bits per heavy atom. The molecule has 0 aliphatic heterocycles. The Hall–Kier alpha value is -1.55. The molecule has 1 aliphatic rings. The maximum absolute atomic E-state index is 12.1. The summed E-state index contributed by atoms with van der Waals surface area (Å²) in [7, 11) is 0. The smallest absolute Gasteiger partial charge is 0.255 e. The molecule has 1 aliphatic carbocycles. The van der Waals surface area contributed by atoms with E-state index in [1.54, 1.807) is 12.1 Å². The molecule has 1 amide bonds. The van der Waals surface area contributed by atoms with Crippen LogP contribution >= 0.6 is 0 Å². The first-order valence-electron chi connectivity index (χ1n) is 6.11. The minimum Gasteiger partial charge on any atom is -0.507 e.